The van der Waals surface area contributed by atoms with E-state index in [-0.39, 0.29) is 30.9 Å². The topological polar surface area (TPSA) is 47.8 Å². The number of halogens is 5. The van der Waals surface area contributed by atoms with E-state index in [0.29, 0.717) is 29.6 Å². The maximum Gasteiger partial charge on any atom is 0.416 e. The summed E-state index contributed by atoms with van der Waals surface area (Å²) < 4.78 is 41.6. The van der Waals surface area contributed by atoms with Crippen LogP contribution in [0.4, 0.5) is 24.5 Å². The van der Waals surface area contributed by atoms with Gasteiger partial charge in [0.25, 0.3) is 0 Å². The normalized spacial score (nSPS) is 20.0. The third-order valence-electron chi connectivity index (χ3n) is 7.83. The highest BCUT2D eigenvalue weighted by molar-refractivity contribution is 7.99. The predicted octanol–water partition coefficient (Wildman–Crippen LogP) is 5.58. The molecule has 2 aromatic carbocycles. The molecule has 2 fully saturated rings. The zero-order chi connectivity index (χ0) is 25.4. The Morgan fingerprint density at radius 1 is 1.03 bits per heavy atom. The van der Waals surface area contributed by atoms with E-state index in [9.17, 15) is 13.2 Å². The molecule has 3 aliphatic heterocycles. The number of nitrogens with two attached hydrogens (primary N) is 1. The molecule has 38 heavy (non-hydrogen) atoms. The molecule has 3 heterocycles. The number of likely N-dealkylation sites (tertiary alicyclic amines) is 1. The maximum atomic E-state index is 13.9. The fourth-order valence-electron chi connectivity index (χ4n) is 5.60. The van der Waals surface area contributed by atoms with Gasteiger partial charge in [-0.05, 0) is 68.8 Å². The number of rotatable bonds is 6. The summed E-state index contributed by atoms with van der Waals surface area (Å²) >= 11 is 1.48. The van der Waals surface area contributed by atoms with Crippen molar-refractivity contribution >= 4 is 48.0 Å². The van der Waals surface area contributed by atoms with Gasteiger partial charge in [0.2, 0.25) is 0 Å². The van der Waals surface area contributed by atoms with E-state index < -0.39 is 11.7 Å². The molecule has 1 atom stereocenters. The number of likely N-dealkylation sites (N-methyl/N-ethyl adjacent to an activating group) is 1. The molecule has 2 saturated heterocycles. The maximum absolute atomic E-state index is 13.9. The van der Waals surface area contributed by atoms with Crippen molar-refractivity contribution in [3.8, 4) is 0 Å². The van der Waals surface area contributed by atoms with Gasteiger partial charge in [0.05, 0.1) is 5.56 Å². The lowest BCUT2D eigenvalue weighted by Crippen LogP contribution is -2.41. The molecular weight excluding hydrogens is 554 g/mol. The van der Waals surface area contributed by atoms with E-state index in [2.05, 4.69) is 52.3 Å². The molecule has 2 aromatic rings. The minimum absolute atomic E-state index is 0. The van der Waals surface area contributed by atoms with E-state index in [0.717, 1.165) is 68.1 Å². The minimum Gasteiger partial charge on any atom is -0.382 e. The average Bonchev–Trinajstić information content (AvgIpc) is 3.34. The van der Waals surface area contributed by atoms with Gasteiger partial charge in [0.15, 0.2) is 0 Å². The zero-order valence-electron chi connectivity index (χ0n) is 21.9. The number of nitrogens with zero attached hydrogens (tertiary/aromatic N) is 3. The molecule has 0 aromatic heterocycles. The number of fused-ring (bicyclic) bond motifs is 2. The second-order valence-corrected chi connectivity index (χ2v) is 11.6. The third kappa shape index (κ3) is 6.85. The lowest BCUT2D eigenvalue weighted by molar-refractivity contribution is -0.137. The van der Waals surface area contributed by atoms with Crippen molar-refractivity contribution in [3.63, 3.8) is 0 Å². The standard InChI is InChI=1S/C27H36F3N5S.2ClH/c1-33(2)22-7-11-35(17-22)21-4-3-18-13-23-24(32-20-5-9-34(10-6-20)12-8-31)14-19(27(28,29)30)15-26(23)36-25(18)16-21;;/h3-4,14-16,20,22,32H,5-13,17,31H2,1-2H3;2*1H. The highest BCUT2D eigenvalue weighted by Gasteiger charge is 2.34. The summed E-state index contributed by atoms with van der Waals surface area (Å²) in [5.41, 5.74) is 9.05. The van der Waals surface area contributed by atoms with E-state index >= 15 is 0 Å². The minimum atomic E-state index is -4.38. The SMILES string of the molecule is CN(C)C1CCN(c2ccc3c(c2)Sc2cc(C(F)(F)F)cc(NC4CCN(CCN)CC4)c2C3)C1.Cl.Cl. The van der Waals surface area contributed by atoms with Crippen LogP contribution in [0.3, 0.4) is 0 Å². The van der Waals surface area contributed by atoms with Crippen molar-refractivity contribution in [3.05, 3.63) is 47.0 Å². The summed E-state index contributed by atoms with van der Waals surface area (Å²) in [6.07, 6.45) is -0.806. The van der Waals surface area contributed by atoms with Crippen LogP contribution in [0.15, 0.2) is 40.1 Å². The van der Waals surface area contributed by atoms with Crippen LogP contribution in [-0.2, 0) is 12.6 Å². The molecule has 11 heteroatoms. The van der Waals surface area contributed by atoms with Crippen molar-refractivity contribution in [1.82, 2.24) is 9.80 Å². The zero-order valence-corrected chi connectivity index (χ0v) is 24.3. The Morgan fingerprint density at radius 3 is 2.39 bits per heavy atom. The van der Waals surface area contributed by atoms with Gasteiger partial charge in [-0.3, -0.25) is 0 Å². The van der Waals surface area contributed by atoms with Gasteiger partial charge in [0.1, 0.15) is 0 Å². The summed E-state index contributed by atoms with van der Waals surface area (Å²) in [5.74, 6) is 0. The molecular formula is C27H38Cl2F3N5S. The molecule has 0 spiro atoms. The van der Waals surface area contributed by atoms with Crippen LogP contribution in [0.2, 0.25) is 0 Å². The van der Waals surface area contributed by atoms with Gasteiger partial charge in [-0.2, -0.15) is 13.2 Å². The van der Waals surface area contributed by atoms with Gasteiger partial charge in [-0.25, -0.2) is 0 Å². The number of hydrogen-bond acceptors (Lipinski definition) is 6. The van der Waals surface area contributed by atoms with Crippen LogP contribution >= 0.6 is 36.6 Å². The Labute approximate surface area is 240 Å². The van der Waals surface area contributed by atoms with Gasteiger partial charge in [-0.15, -0.1) is 24.8 Å². The Morgan fingerprint density at radius 2 is 1.76 bits per heavy atom. The number of piperidine rings is 1. The summed E-state index contributed by atoms with van der Waals surface area (Å²) in [7, 11) is 4.22. The molecule has 212 valence electrons. The second kappa shape index (κ2) is 12.9. The molecule has 1 unspecified atom stereocenters. The summed E-state index contributed by atoms with van der Waals surface area (Å²) in [6.45, 7) is 5.31. The van der Waals surface area contributed by atoms with Gasteiger partial charge < -0.3 is 25.8 Å². The Balaban J connectivity index is 0.00000200. The van der Waals surface area contributed by atoms with Crippen molar-refractivity contribution in [2.75, 3.05) is 63.6 Å². The van der Waals surface area contributed by atoms with E-state index in [4.69, 9.17) is 5.73 Å². The molecule has 5 nitrogen and oxygen atoms in total. The highest BCUT2D eigenvalue weighted by atomic mass is 35.5. The molecule has 0 bridgehead atoms. The van der Waals surface area contributed by atoms with Crippen molar-refractivity contribution < 1.29 is 13.2 Å². The second-order valence-electron chi connectivity index (χ2n) is 10.5. The number of hydrogen-bond donors (Lipinski definition) is 2. The molecule has 0 saturated carbocycles. The van der Waals surface area contributed by atoms with Gasteiger partial charge in [0, 0.05) is 78.9 Å². The number of nitrogens with one attached hydrogen (secondary N) is 1. The van der Waals surface area contributed by atoms with Crippen LogP contribution in [0.1, 0.15) is 36.0 Å². The number of benzene rings is 2. The third-order valence-corrected chi connectivity index (χ3v) is 9.01. The fourth-order valence-corrected chi connectivity index (χ4v) is 6.78. The Hall–Kier alpha value is -1.36. The largest absolute Gasteiger partial charge is 0.416 e. The summed E-state index contributed by atoms with van der Waals surface area (Å²) in [4.78, 5) is 8.75. The average molecular weight is 593 g/mol. The first kappa shape index (κ1) is 31.2. The van der Waals surface area contributed by atoms with Gasteiger partial charge in [-0.1, -0.05) is 17.8 Å². The molecule has 5 rings (SSSR count). The number of alkyl halides is 3. The number of anilines is 2. The molecule has 3 aliphatic rings. The Bertz CT molecular complexity index is 1090. The molecule has 0 amide bonds. The fraction of sp³-hybridized carbons (Fsp3) is 0.556. The molecule has 3 N–H and O–H groups in total. The van der Waals surface area contributed by atoms with Crippen molar-refractivity contribution in [1.29, 1.82) is 0 Å². The highest BCUT2D eigenvalue weighted by Crippen LogP contribution is 2.46. The first-order valence-corrected chi connectivity index (χ1v) is 13.7. The monoisotopic (exact) mass is 591 g/mol. The van der Waals surface area contributed by atoms with Crippen LogP contribution in [0.25, 0.3) is 0 Å². The first-order chi connectivity index (χ1) is 17.2. The summed E-state index contributed by atoms with van der Waals surface area (Å²) in [6, 6.07) is 9.85. The molecule has 0 radical (unpaired) electrons. The van der Waals surface area contributed by atoms with Crippen LogP contribution in [-0.4, -0.2) is 75.2 Å². The summed E-state index contributed by atoms with van der Waals surface area (Å²) in [5, 5.41) is 3.50. The van der Waals surface area contributed by atoms with E-state index in [1.54, 1.807) is 0 Å². The van der Waals surface area contributed by atoms with Gasteiger partial charge >= 0.3 is 6.18 Å². The lowest BCUT2D eigenvalue weighted by atomic mass is 9.98. The lowest BCUT2D eigenvalue weighted by Gasteiger charge is -2.34. The smallest absolute Gasteiger partial charge is 0.382 e. The first-order valence-electron chi connectivity index (χ1n) is 12.9. The Kier molecular flexibility index (Phi) is 10.6. The van der Waals surface area contributed by atoms with E-state index in [1.165, 1.54) is 29.5 Å². The van der Waals surface area contributed by atoms with Crippen LogP contribution < -0.4 is 16.0 Å². The van der Waals surface area contributed by atoms with Crippen LogP contribution in [0.5, 0.6) is 0 Å². The van der Waals surface area contributed by atoms with E-state index in [1.807, 2.05) is 0 Å². The van der Waals surface area contributed by atoms with Crippen LogP contribution in [0, 0.1) is 0 Å². The molecule has 0 aliphatic carbocycles. The predicted molar refractivity (Wildman–Crippen MR) is 156 cm³/mol. The van der Waals surface area contributed by atoms with Crippen molar-refractivity contribution in [2.24, 2.45) is 5.73 Å². The quantitative estimate of drug-likeness (QED) is 0.390. The van der Waals surface area contributed by atoms with Crippen molar-refractivity contribution in [2.45, 2.75) is 53.7 Å².